The molecule has 0 aromatic heterocycles. The quantitative estimate of drug-likeness (QED) is 0.449. The van der Waals surface area contributed by atoms with E-state index in [1.165, 1.54) is 39.4 Å². The first kappa shape index (κ1) is 16.3. The number of rotatable bonds is 2. The van der Waals surface area contributed by atoms with Crippen LogP contribution >= 0.6 is 0 Å². The molecule has 5 rings (SSSR count). The van der Waals surface area contributed by atoms with Gasteiger partial charge < -0.3 is 0 Å². The predicted molar refractivity (Wildman–Crippen MR) is 112 cm³/mol. The van der Waals surface area contributed by atoms with Crippen molar-refractivity contribution in [2.24, 2.45) is 0 Å². The van der Waals surface area contributed by atoms with E-state index in [1.54, 1.807) is 17.7 Å². The van der Waals surface area contributed by atoms with Gasteiger partial charge in [-0.15, -0.1) is 0 Å². The zero-order valence-corrected chi connectivity index (χ0v) is 15.2. The highest BCUT2D eigenvalue weighted by atomic mass is 19.1. The lowest BCUT2D eigenvalue weighted by atomic mass is 9.78. The van der Waals surface area contributed by atoms with Gasteiger partial charge in [0, 0.05) is 0 Å². The summed E-state index contributed by atoms with van der Waals surface area (Å²) in [5.41, 5.74) is 10.8. The van der Waals surface area contributed by atoms with E-state index >= 15 is 0 Å². The van der Waals surface area contributed by atoms with E-state index in [4.69, 9.17) is 0 Å². The Hall–Kier alpha value is -2.93. The van der Waals surface area contributed by atoms with Gasteiger partial charge in [-0.3, -0.25) is 0 Å². The van der Waals surface area contributed by atoms with Crippen molar-refractivity contribution in [3.8, 4) is 11.1 Å². The first-order valence-corrected chi connectivity index (χ1v) is 9.67. The van der Waals surface area contributed by atoms with Crippen molar-refractivity contribution in [3.05, 3.63) is 99.9 Å². The Kier molecular flexibility index (Phi) is 4.01. The van der Waals surface area contributed by atoms with Gasteiger partial charge in [-0.1, -0.05) is 66.8 Å². The highest BCUT2D eigenvalue weighted by molar-refractivity contribution is 5.82. The molecule has 2 aliphatic rings. The van der Waals surface area contributed by atoms with E-state index in [9.17, 15) is 4.39 Å². The number of halogens is 1. The summed E-state index contributed by atoms with van der Waals surface area (Å²) in [7, 11) is 0. The smallest absolute Gasteiger partial charge is 0.123 e. The van der Waals surface area contributed by atoms with Gasteiger partial charge in [-0.05, 0) is 82.3 Å². The SMILES string of the molecule is Fc1cccc(/C=C/c2cccc3c2CCc2c-3ccc3c2CCC=C3)c1. The highest BCUT2D eigenvalue weighted by Gasteiger charge is 2.22. The molecular formula is C26H21F. The van der Waals surface area contributed by atoms with Crippen molar-refractivity contribution in [2.45, 2.75) is 25.7 Å². The number of fused-ring (bicyclic) bond motifs is 5. The zero-order chi connectivity index (χ0) is 18.2. The lowest BCUT2D eigenvalue weighted by Crippen LogP contribution is -2.10. The Morgan fingerprint density at radius 2 is 1.59 bits per heavy atom. The monoisotopic (exact) mass is 352 g/mol. The maximum absolute atomic E-state index is 13.4. The van der Waals surface area contributed by atoms with Crippen molar-refractivity contribution in [1.29, 1.82) is 0 Å². The Balaban J connectivity index is 1.57. The molecule has 27 heavy (non-hydrogen) atoms. The molecule has 3 aromatic rings. The number of hydrogen-bond donors (Lipinski definition) is 0. The molecule has 0 aliphatic heterocycles. The first-order valence-electron chi connectivity index (χ1n) is 9.67. The van der Waals surface area contributed by atoms with E-state index in [0.29, 0.717) is 0 Å². The Labute approximate surface area is 159 Å². The van der Waals surface area contributed by atoms with Crippen molar-refractivity contribution < 1.29 is 4.39 Å². The van der Waals surface area contributed by atoms with Crippen LogP contribution < -0.4 is 0 Å². The highest BCUT2D eigenvalue weighted by Crippen LogP contribution is 2.39. The fourth-order valence-corrected chi connectivity index (χ4v) is 4.48. The van der Waals surface area contributed by atoms with Crippen LogP contribution in [0.4, 0.5) is 4.39 Å². The van der Waals surface area contributed by atoms with Crippen LogP contribution in [0.2, 0.25) is 0 Å². The Bertz CT molecular complexity index is 1090. The van der Waals surface area contributed by atoms with E-state index < -0.39 is 0 Å². The summed E-state index contributed by atoms with van der Waals surface area (Å²) >= 11 is 0. The lowest BCUT2D eigenvalue weighted by Gasteiger charge is -2.26. The van der Waals surface area contributed by atoms with Crippen LogP contribution in [0.5, 0.6) is 0 Å². The molecule has 3 aromatic carbocycles. The predicted octanol–water partition coefficient (Wildman–Crippen LogP) is 6.72. The van der Waals surface area contributed by atoms with Gasteiger partial charge in [0.15, 0.2) is 0 Å². The lowest BCUT2D eigenvalue weighted by molar-refractivity contribution is 0.627. The van der Waals surface area contributed by atoms with E-state index in [0.717, 1.165) is 31.2 Å². The second-order valence-corrected chi connectivity index (χ2v) is 7.36. The van der Waals surface area contributed by atoms with Crippen LogP contribution in [0.25, 0.3) is 29.4 Å². The number of benzene rings is 3. The molecule has 1 heteroatoms. The average molecular weight is 352 g/mol. The zero-order valence-electron chi connectivity index (χ0n) is 15.2. The molecule has 0 N–H and O–H groups in total. The third kappa shape index (κ3) is 2.94. The maximum atomic E-state index is 13.4. The van der Waals surface area contributed by atoms with Crippen molar-refractivity contribution in [2.75, 3.05) is 0 Å². The fourth-order valence-electron chi connectivity index (χ4n) is 4.48. The van der Waals surface area contributed by atoms with Crippen LogP contribution in [-0.4, -0.2) is 0 Å². The fraction of sp³-hybridized carbons (Fsp3) is 0.154. The maximum Gasteiger partial charge on any atom is 0.123 e. The molecule has 0 bridgehead atoms. The van der Waals surface area contributed by atoms with Gasteiger partial charge in [-0.25, -0.2) is 4.39 Å². The molecule has 0 atom stereocenters. The average Bonchev–Trinajstić information content (AvgIpc) is 2.71. The normalized spacial score (nSPS) is 14.7. The van der Waals surface area contributed by atoms with Gasteiger partial charge in [0.1, 0.15) is 5.82 Å². The second kappa shape index (κ2) is 6.66. The van der Waals surface area contributed by atoms with Crippen molar-refractivity contribution >= 4 is 18.2 Å². The molecule has 0 radical (unpaired) electrons. The molecule has 0 amide bonds. The first-order chi connectivity index (χ1) is 13.3. The largest absolute Gasteiger partial charge is 0.207 e. The molecule has 0 heterocycles. The summed E-state index contributed by atoms with van der Waals surface area (Å²) in [6.45, 7) is 0. The molecule has 0 saturated heterocycles. The topological polar surface area (TPSA) is 0 Å². The standard InChI is InChI=1S/C26H21F/c27-21-8-3-5-18(17-21)11-12-20-7-4-10-24-23(20)15-16-25-22-9-2-1-6-19(22)13-14-26(24)25/h1,3-8,10-14,17H,2,9,15-16H2/b12-11+. The van der Waals surface area contributed by atoms with Crippen LogP contribution in [0, 0.1) is 5.82 Å². The number of hydrogen-bond acceptors (Lipinski definition) is 0. The van der Waals surface area contributed by atoms with Crippen LogP contribution in [0.15, 0.2) is 60.7 Å². The Morgan fingerprint density at radius 1 is 0.741 bits per heavy atom. The minimum Gasteiger partial charge on any atom is -0.207 e. The minimum atomic E-state index is -0.194. The van der Waals surface area contributed by atoms with Gasteiger partial charge >= 0.3 is 0 Å². The molecule has 0 unspecified atom stereocenters. The summed E-state index contributed by atoms with van der Waals surface area (Å²) < 4.78 is 13.4. The number of allylic oxidation sites excluding steroid dienone is 1. The van der Waals surface area contributed by atoms with Crippen LogP contribution in [0.1, 0.15) is 39.8 Å². The minimum absolute atomic E-state index is 0.194. The summed E-state index contributed by atoms with van der Waals surface area (Å²) in [6, 6.07) is 17.9. The third-order valence-corrected chi connectivity index (χ3v) is 5.76. The summed E-state index contributed by atoms with van der Waals surface area (Å²) in [4.78, 5) is 0. The van der Waals surface area contributed by atoms with Crippen molar-refractivity contribution in [3.63, 3.8) is 0 Å². The van der Waals surface area contributed by atoms with Crippen LogP contribution in [0.3, 0.4) is 0 Å². The van der Waals surface area contributed by atoms with Gasteiger partial charge in [0.05, 0.1) is 0 Å². The van der Waals surface area contributed by atoms with Gasteiger partial charge in [0.2, 0.25) is 0 Å². The van der Waals surface area contributed by atoms with E-state index in [-0.39, 0.29) is 5.82 Å². The van der Waals surface area contributed by atoms with Gasteiger partial charge in [-0.2, -0.15) is 0 Å². The van der Waals surface area contributed by atoms with Crippen LogP contribution in [-0.2, 0) is 19.3 Å². The third-order valence-electron chi connectivity index (χ3n) is 5.76. The molecule has 0 nitrogen and oxygen atoms in total. The van der Waals surface area contributed by atoms with Crippen molar-refractivity contribution in [1.82, 2.24) is 0 Å². The Morgan fingerprint density at radius 3 is 2.52 bits per heavy atom. The molecular weight excluding hydrogens is 331 g/mol. The summed E-state index contributed by atoms with van der Waals surface area (Å²) in [6.07, 6.45) is 13.1. The summed E-state index contributed by atoms with van der Waals surface area (Å²) in [5, 5.41) is 0. The molecule has 2 aliphatic carbocycles. The molecule has 0 spiro atoms. The molecule has 0 saturated carbocycles. The second-order valence-electron chi connectivity index (χ2n) is 7.36. The summed E-state index contributed by atoms with van der Waals surface area (Å²) in [5.74, 6) is -0.194. The van der Waals surface area contributed by atoms with E-state index in [2.05, 4.69) is 48.6 Å². The molecule has 132 valence electrons. The van der Waals surface area contributed by atoms with Gasteiger partial charge in [0.25, 0.3) is 0 Å². The van der Waals surface area contributed by atoms with E-state index in [1.807, 2.05) is 12.1 Å². The molecule has 0 fully saturated rings.